The zero-order valence-corrected chi connectivity index (χ0v) is 7.55. The minimum Gasteiger partial charge on any atom is -0.458 e. The highest BCUT2D eigenvalue weighted by Crippen LogP contribution is 2.08. The van der Waals surface area contributed by atoms with Crippen molar-refractivity contribution in [3.8, 4) is 0 Å². The summed E-state index contributed by atoms with van der Waals surface area (Å²) in [5, 5.41) is 0. The van der Waals surface area contributed by atoms with Crippen molar-refractivity contribution in [3.05, 3.63) is 0 Å². The number of carbonyl (C=O) groups excluding carboxylic acids is 1. The molecule has 0 N–H and O–H groups in total. The van der Waals surface area contributed by atoms with E-state index in [9.17, 15) is 4.79 Å². The molecule has 0 aliphatic heterocycles. The summed E-state index contributed by atoms with van der Waals surface area (Å²) >= 11 is 0. The van der Waals surface area contributed by atoms with E-state index in [1.807, 2.05) is 20.8 Å². The number of ether oxygens (including phenoxy) is 1. The maximum atomic E-state index is 11.0. The van der Waals surface area contributed by atoms with E-state index in [1.165, 1.54) is 0 Å². The van der Waals surface area contributed by atoms with Crippen LogP contribution in [0.3, 0.4) is 0 Å². The van der Waals surface area contributed by atoms with Crippen LogP contribution in [0.25, 0.3) is 0 Å². The van der Waals surface area contributed by atoms with E-state index < -0.39 is 11.6 Å². The fraction of sp³-hybridized carbons (Fsp3) is 0.750. The van der Waals surface area contributed by atoms with Crippen LogP contribution in [0.1, 0.15) is 27.7 Å². The topological polar surface area (TPSA) is 38.7 Å². The van der Waals surface area contributed by atoms with E-state index in [-0.39, 0.29) is 5.97 Å². The fourth-order valence-corrected chi connectivity index (χ4v) is 0.462. The third-order valence-corrected chi connectivity index (χ3v) is 1.02. The van der Waals surface area contributed by atoms with Crippen molar-refractivity contribution < 1.29 is 9.53 Å². The van der Waals surface area contributed by atoms with Gasteiger partial charge in [-0.25, -0.2) is 4.79 Å². The summed E-state index contributed by atoms with van der Waals surface area (Å²) in [5.74, 6) is -0.326. The first-order valence-electron chi connectivity index (χ1n) is 3.55. The van der Waals surface area contributed by atoms with Gasteiger partial charge >= 0.3 is 5.97 Å². The lowest BCUT2D eigenvalue weighted by Crippen LogP contribution is -2.29. The number of rotatable bonds is 2. The van der Waals surface area contributed by atoms with E-state index >= 15 is 0 Å². The van der Waals surface area contributed by atoms with E-state index in [0.717, 1.165) is 0 Å². The lowest BCUT2D eigenvalue weighted by molar-refractivity contribution is -0.155. The standard InChI is InChI=1S/C8H15NO2/c1-6(9-5)7(10)11-8(2,3)4/h6H,5H2,1-4H3/t6-/m0/s1. The quantitative estimate of drug-likeness (QED) is 0.449. The molecule has 0 aromatic heterocycles. The first-order chi connectivity index (χ1) is 4.87. The Labute approximate surface area is 67.5 Å². The Bertz CT molecular complexity index is 158. The van der Waals surface area contributed by atoms with Gasteiger partial charge in [0.05, 0.1) is 0 Å². The average Bonchev–Trinajstić information content (AvgIpc) is 1.82. The summed E-state index contributed by atoms with van der Waals surface area (Å²) in [6, 6.07) is -0.464. The van der Waals surface area contributed by atoms with Crippen LogP contribution in [0.5, 0.6) is 0 Å². The van der Waals surface area contributed by atoms with Gasteiger partial charge in [0.25, 0.3) is 0 Å². The largest absolute Gasteiger partial charge is 0.458 e. The molecule has 0 amide bonds. The number of esters is 1. The molecule has 0 aliphatic carbocycles. The highest BCUT2D eigenvalue weighted by atomic mass is 16.6. The fourth-order valence-electron chi connectivity index (χ4n) is 0.462. The van der Waals surface area contributed by atoms with Gasteiger partial charge in [-0.15, -0.1) is 0 Å². The summed E-state index contributed by atoms with van der Waals surface area (Å²) in [4.78, 5) is 14.6. The maximum absolute atomic E-state index is 11.0. The molecule has 0 fully saturated rings. The number of aliphatic imine (C=N–C) groups is 1. The molecule has 0 rings (SSSR count). The Hall–Kier alpha value is -0.860. The number of carbonyl (C=O) groups is 1. The van der Waals surface area contributed by atoms with E-state index in [2.05, 4.69) is 11.7 Å². The van der Waals surface area contributed by atoms with Gasteiger partial charge in [0.2, 0.25) is 0 Å². The smallest absolute Gasteiger partial charge is 0.331 e. The number of hydrogen-bond donors (Lipinski definition) is 0. The predicted octanol–water partition coefficient (Wildman–Crippen LogP) is 1.42. The molecule has 64 valence electrons. The van der Waals surface area contributed by atoms with Gasteiger partial charge in [-0.3, -0.25) is 4.99 Å². The summed E-state index contributed by atoms with van der Waals surface area (Å²) in [7, 11) is 0. The Balaban J connectivity index is 3.98. The molecule has 0 heterocycles. The van der Waals surface area contributed by atoms with Gasteiger partial charge in [0.15, 0.2) is 0 Å². The van der Waals surface area contributed by atoms with Crippen molar-refractivity contribution >= 4 is 12.7 Å². The summed E-state index contributed by atoms with van der Waals surface area (Å²) in [5.41, 5.74) is -0.434. The summed E-state index contributed by atoms with van der Waals surface area (Å²) < 4.78 is 5.02. The van der Waals surface area contributed by atoms with Crippen molar-refractivity contribution in [2.24, 2.45) is 4.99 Å². The van der Waals surface area contributed by atoms with Gasteiger partial charge < -0.3 is 4.74 Å². The molecule has 0 aromatic rings. The van der Waals surface area contributed by atoms with E-state index in [1.54, 1.807) is 6.92 Å². The van der Waals surface area contributed by atoms with Crippen LogP contribution in [-0.2, 0) is 9.53 Å². The molecule has 0 spiro atoms. The van der Waals surface area contributed by atoms with Crippen LogP contribution in [-0.4, -0.2) is 24.3 Å². The average molecular weight is 157 g/mol. The minimum atomic E-state index is -0.464. The lowest BCUT2D eigenvalue weighted by atomic mass is 10.2. The van der Waals surface area contributed by atoms with Crippen LogP contribution in [0, 0.1) is 0 Å². The summed E-state index contributed by atoms with van der Waals surface area (Å²) in [6.45, 7) is 10.4. The first kappa shape index (κ1) is 10.1. The Kier molecular flexibility index (Phi) is 3.23. The van der Waals surface area contributed by atoms with Crippen LogP contribution < -0.4 is 0 Å². The van der Waals surface area contributed by atoms with Crippen LogP contribution >= 0.6 is 0 Å². The third kappa shape index (κ3) is 4.53. The highest BCUT2D eigenvalue weighted by molar-refractivity contribution is 5.76. The number of nitrogens with zero attached hydrogens (tertiary/aromatic N) is 1. The molecule has 3 heteroatoms. The maximum Gasteiger partial charge on any atom is 0.331 e. The molecule has 0 saturated carbocycles. The van der Waals surface area contributed by atoms with Gasteiger partial charge in [-0.1, -0.05) is 0 Å². The first-order valence-corrected chi connectivity index (χ1v) is 3.55. The molecule has 0 unspecified atom stereocenters. The number of hydrogen-bond acceptors (Lipinski definition) is 3. The van der Waals surface area contributed by atoms with Crippen LogP contribution in [0.2, 0.25) is 0 Å². The Morgan fingerprint density at radius 2 is 2.00 bits per heavy atom. The molecule has 3 nitrogen and oxygen atoms in total. The molecular weight excluding hydrogens is 142 g/mol. The normalized spacial score (nSPS) is 13.8. The van der Waals surface area contributed by atoms with Crippen LogP contribution in [0.15, 0.2) is 4.99 Å². The van der Waals surface area contributed by atoms with Crippen molar-refractivity contribution in [3.63, 3.8) is 0 Å². The Morgan fingerprint density at radius 3 is 2.27 bits per heavy atom. The summed E-state index contributed by atoms with van der Waals surface area (Å²) in [6.07, 6.45) is 0. The van der Waals surface area contributed by atoms with E-state index in [0.29, 0.717) is 0 Å². The zero-order chi connectivity index (χ0) is 9.07. The Morgan fingerprint density at radius 1 is 1.55 bits per heavy atom. The van der Waals surface area contributed by atoms with Crippen molar-refractivity contribution in [1.82, 2.24) is 0 Å². The molecular formula is C8H15NO2. The van der Waals surface area contributed by atoms with Gasteiger partial charge in [-0.05, 0) is 34.4 Å². The van der Waals surface area contributed by atoms with Gasteiger partial charge in [-0.2, -0.15) is 0 Å². The second kappa shape index (κ2) is 3.51. The van der Waals surface area contributed by atoms with E-state index in [4.69, 9.17) is 4.74 Å². The minimum absolute atomic E-state index is 0.326. The van der Waals surface area contributed by atoms with Crippen LogP contribution in [0.4, 0.5) is 0 Å². The molecule has 0 radical (unpaired) electrons. The highest BCUT2D eigenvalue weighted by Gasteiger charge is 2.19. The molecule has 0 aromatic carbocycles. The molecule has 11 heavy (non-hydrogen) atoms. The van der Waals surface area contributed by atoms with Crippen molar-refractivity contribution in [2.45, 2.75) is 39.3 Å². The zero-order valence-electron chi connectivity index (χ0n) is 7.55. The molecule has 0 aliphatic rings. The SMILES string of the molecule is C=N[C@@H](C)C(=O)OC(C)(C)C. The van der Waals surface area contributed by atoms with Crippen molar-refractivity contribution in [2.75, 3.05) is 0 Å². The lowest BCUT2D eigenvalue weighted by Gasteiger charge is -2.20. The second-order valence-electron chi connectivity index (χ2n) is 3.39. The third-order valence-electron chi connectivity index (χ3n) is 1.02. The van der Waals surface area contributed by atoms with Gasteiger partial charge in [0.1, 0.15) is 11.6 Å². The molecule has 0 saturated heterocycles. The predicted molar refractivity (Wildman–Crippen MR) is 44.9 cm³/mol. The molecule has 1 atom stereocenters. The van der Waals surface area contributed by atoms with Crippen molar-refractivity contribution in [1.29, 1.82) is 0 Å². The van der Waals surface area contributed by atoms with Gasteiger partial charge in [0, 0.05) is 0 Å². The monoisotopic (exact) mass is 157 g/mol. The molecule has 0 bridgehead atoms. The second-order valence-corrected chi connectivity index (χ2v) is 3.39.